The van der Waals surface area contributed by atoms with E-state index in [4.69, 9.17) is 4.74 Å². The zero-order valence-electron chi connectivity index (χ0n) is 16.5. The number of pyridine rings is 2. The first-order chi connectivity index (χ1) is 14.0. The number of anilines is 1. The molecule has 7 nitrogen and oxygen atoms in total. The van der Waals surface area contributed by atoms with Crippen LogP contribution in [0.1, 0.15) is 10.4 Å². The first-order valence-electron chi connectivity index (χ1n) is 9.02. The highest BCUT2D eigenvalue weighted by Gasteiger charge is 2.14. The average Bonchev–Trinajstić information content (AvgIpc) is 2.73. The number of methoxy groups -OCH3 is 1. The zero-order chi connectivity index (χ0) is 20.8. The van der Waals surface area contributed by atoms with Gasteiger partial charge in [0, 0.05) is 18.0 Å². The second-order valence-corrected chi connectivity index (χ2v) is 6.72. The average molecular weight is 390 g/mol. The van der Waals surface area contributed by atoms with Crippen LogP contribution in [0.15, 0.2) is 60.9 Å². The summed E-state index contributed by atoms with van der Waals surface area (Å²) in [7, 11) is 4.91. The monoisotopic (exact) mass is 390 g/mol. The van der Waals surface area contributed by atoms with Crippen molar-refractivity contribution in [1.29, 1.82) is 0 Å². The van der Waals surface area contributed by atoms with Crippen molar-refractivity contribution in [3.05, 3.63) is 66.5 Å². The van der Waals surface area contributed by atoms with Gasteiger partial charge in [0.25, 0.3) is 0 Å². The van der Waals surface area contributed by atoms with E-state index < -0.39 is 5.97 Å². The summed E-state index contributed by atoms with van der Waals surface area (Å²) >= 11 is 0. The van der Waals surface area contributed by atoms with Crippen LogP contribution in [0.25, 0.3) is 22.4 Å². The predicted octanol–water partition coefficient (Wildman–Crippen LogP) is 3.10. The van der Waals surface area contributed by atoms with Crippen molar-refractivity contribution in [2.75, 3.05) is 33.1 Å². The van der Waals surface area contributed by atoms with Gasteiger partial charge in [0.1, 0.15) is 5.82 Å². The highest BCUT2D eigenvalue weighted by molar-refractivity contribution is 5.95. The molecule has 0 spiro atoms. The maximum atomic E-state index is 12.1. The summed E-state index contributed by atoms with van der Waals surface area (Å²) in [6.07, 6.45) is 3.52. The molecule has 2 aromatic heterocycles. The van der Waals surface area contributed by atoms with Crippen LogP contribution in [-0.2, 0) is 9.53 Å². The first kappa shape index (κ1) is 20.2. The summed E-state index contributed by atoms with van der Waals surface area (Å²) in [6.45, 7) is 0.208. The molecule has 7 heteroatoms. The number of nitrogens with one attached hydrogen (secondary N) is 1. The highest BCUT2D eigenvalue weighted by Crippen LogP contribution is 2.25. The molecule has 0 radical (unpaired) electrons. The summed E-state index contributed by atoms with van der Waals surface area (Å²) in [5.41, 5.74) is 3.71. The normalized spacial score (nSPS) is 10.6. The van der Waals surface area contributed by atoms with Gasteiger partial charge in [-0.15, -0.1) is 0 Å². The van der Waals surface area contributed by atoms with E-state index in [1.165, 1.54) is 13.2 Å². The molecule has 0 aliphatic rings. The molecule has 148 valence electrons. The lowest BCUT2D eigenvalue weighted by molar-refractivity contribution is -0.116. The molecule has 29 heavy (non-hydrogen) atoms. The third-order valence-electron chi connectivity index (χ3n) is 4.15. The van der Waals surface area contributed by atoms with Crippen LogP contribution in [-0.4, -0.2) is 54.5 Å². The van der Waals surface area contributed by atoms with Crippen LogP contribution >= 0.6 is 0 Å². The fourth-order valence-corrected chi connectivity index (χ4v) is 2.81. The molecule has 1 aromatic carbocycles. The topological polar surface area (TPSA) is 84.4 Å². The van der Waals surface area contributed by atoms with Crippen LogP contribution in [0.3, 0.4) is 0 Å². The van der Waals surface area contributed by atoms with E-state index in [9.17, 15) is 9.59 Å². The fraction of sp³-hybridized carbons (Fsp3) is 0.182. The lowest BCUT2D eigenvalue weighted by Gasteiger charge is -2.12. The van der Waals surface area contributed by atoms with Gasteiger partial charge in [-0.25, -0.2) is 9.78 Å². The van der Waals surface area contributed by atoms with E-state index in [2.05, 4.69) is 15.3 Å². The molecule has 1 N–H and O–H groups in total. The van der Waals surface area contributed by atoms with Crippen molar-refractivity contribution in [2.24, 2.45) is 0 Å². The molecule has 2 heterocycles. The Morgan fingerprint density at radius 2 is 1.76 bits per heavy atom. The Balaban J connectivity index is 1.94. The molecular formula is C22H22N4O3. The summed E-state index contributed by atoms with van der Waals surface area (Å²) in [6, 6.07) is 14.8. The largest absolute Gasteiger partial charge is 0.465 e. The Hall–Kier alpha value is -3.58. The minimum Gasteiger partial charge on any atom is -0.465 e. The van der Waals surface area contributed by atoms with Gasteiger partial charge in [-0.1, -0.05) is 30.3 Å². The number of carbonyl (C=O) groups excluding carboxylic acids is 2. The Morgan fingerprint density at radius 1 is 1.03 bits per heavy atom. The Bertz CT molecular complexity index is 1000. The number of aromatic nitrogens is 2. The van der Waals surface area contributed by atoms with Crippen LogP contribution in [0.5, 0.6) is 0 Å². The molecule has 0 saturated carbocycles. The summed E-state index contributed by atoms with van der Waals surface area (Å²) < 4.78 is 4.83. The maximum Gasteiger partial charge on any atom is 0.338 e. The van der Waals surface area contributed by atoms with Crippen molar-refractivity contribution < 1.29 is 14.3 Å². The Morgan fingerprint density at radius 3 is 2.38 bits per heavy atom. The molecule has 0 aliphatic heterocycles. The number of carbonyl (C=O) groups is 2. The number of esters is 1. The van der Waals surface area contributed by atoms with E-state index >= 15 is 0 Å². The smallest absolute Gasteiger partial charge is 0.338 e. The quantitative estimate of drug-likeness (QED) is 0.651. The van der Waals surface area contributed by atoms with E-state index in [-0.39, 0.29) is 12.5 Å². The van der Waals surface area contributed by atoms with Crippen molar-refractivity contribution in [2.45, 2.75) is 0 Å². The molecule has 0 saturated heterocycles. The predicted molar refractivity (Wildman–Crippen MR) is 111 cm³/mol. The van der Waals surface area contributed by atoms with Crippen LogP contribution in [0, 0.1) is 0 Å². The number of hydrogen-bond donors (Lipinski definition) is 1. The Kier molecular flexibility index (Phi) is 6.31. The summed E-state index contributed by atoms with van der Waals surface area (Å²) in [5, 5.41) is 2.73. The molecule has 0 fully saturated rings. The highest BCUT2D eigenvalue weighted by atomic mass is 16.5. The van der Waals surface area contributed by atoms with Crippen molar-refractivity contribution in [3.63, 3.8) is 0 Å². The van der Waals surface area contributed by atoms with E-state index in [0.29, 0.717) is 17.1 Å². The molecular weight excluding hydrogens is 368 g/mol. The third kappa shape index (κ3) is 5.24. The number of rotatable bonds is 6. The number of ether oxygens (including phenoxy) is 1. The van der Waals surface area contributed by atoms with Gasteiger partial charge in [-0.05, 0) is 43.4 Å². The van der Waals surface area contributed by atoms with Gasteiger partial charge in [-0.2, -0.15) is 0 Å². The number of benzene rings is 1. The number of hydrogen-bond acceptors (Lipinski definition) is 6. The summed E-state index contributed by atoms with van der Waals surface area (Å²) in [4.78, 5) is 34.6. The lowest BCUT2D eigenvalue weighted by Crippen LogP contribution is -2.27. The standard InChI is InChI=1S/C22H22N4O3/c1-26(2)14-21(27)25-20-12-18(22(28)29-3)11-19(24-20)16-8-6-15(7-9-16)17-5-4-10-23-13-17/h4-13H,14H2,1-3H3,(H,24,25,27). The van der Waals surface area contributed by atoms with Gasteiger partial charge in [0.05, 0.1) is 24.9 Å². The van der Waals surface area contributed by atoms with E-state index in [1.807, 2.05) is 36.4 Å². The second-order valence-electron chi connectivity index (χ2n) is 6.72. The molecule has 3 aromatic rings. The van der Waals surface area contributed by atoms with Gasteiger partial charge in [0.2, 0.25) is 5.91 Å². The van der Waals surface area contributed by atoms with E-state index in [1.54, 1.807) is 37.5 Å². The molecule has 0 unspecified atom stereocenters. The van der Waals surface area contributed by atoms with Crippen molar-refractivity contribution in [1.82, 2.24) is 14.9 Å². The van der Waals surface area contributed by atoms with Gasteiger partial charge in [0.15, 0.2) is 0 Å². The van der Waals surface area contributed by atoms with Gasteiger partial charge in [-0.3, -0.25) is 9.78 Å². The summed E-state index contributed by atoms with van der Waals surface area (Å²) in [5.74, 6) is -0.419. The Labute approximate surface area is 169 Å². The first-order valence-corrected chi connectivity index (χ1v) is 9.02. The number of amides is 1. The molecule has 1 amide bonds. The minimum atomic E-state index is -0.497. The second kappa shape index (κ2) is 9.07. The van der Waals surface area contributed by atoms with Crippen molar-refractivity contribution >= 4 is 17.7 Å². The van der Waals surface area contributed by atoms with Crippen LogP contribution < -0.4 is 5.32 Å². The van der Waals surface area contributed by atoms with Crippen LogP contribution in [0.2, 0.25) is 0 Å². The zero-order valence-corrected chi connectivity index (χ0v) is 16.5. The maximum absolute atomic E-state index is 12.1. The molecule has 0 bridgehead atoms. The van der Waals surface area contributed by atoms with Gasteiger partial charge >= 0.3 is 5.97 Å². The van der Waals surface area contributed by atoms with Gasteiger partial charge < -0.3 is 15.0 Å². The number of likely N-dealkylation sites (N-methyl/N-ethyl adjacent to an activating group) is 1. The number of nitrogens with zero attached hydrogens (tertiary/aromatic N) is 3. The third-order valence-corrected chi connectivity index (χ3v) is 4.15. The van der Waals surface area contributed by atoms with Crippen LogP contribution in [0.4, 0.5) is 5.82 Å². The van der Waals surface area contributed by atoms with E-state index in [0.717, 1.165) is 16.7 Å². The molecule has 3 rings (SSSR count). The minimum absolute atomic E-state index is 0.208. The molecule has 0 aliphatic carbocycles. The molecule has 0 atom stereocenters. The fourth-order valence-electron chi connectivity index (χ4n) is 2.81. The SMILES string of the molecule is COC(=O)c1cc(NC(=O)CN(C)C)nc(-c2ccc(-c3cccnc3)cc2)c1. The van der Waals surface area contributed by atoms with Crippen molar-refractivity contribution in [3.8, 4) is 22.4 Å². The lowest BCUT2D eigenvalue weighted by atomic mass is 10.0.